The van der Waals surface area contributed by atoms with Crippen LogP contribution in [-0.4, -0.2) is 0 Å². The molecule has 0 saturated carbocycles. The summed E-state index contributed by atoms with van der Waals surface area (Å²) in [5, 5.41) is 0. The van der Waals surface area contributed by atoms with E-state index < -0.39 is 0 Å². The number of allylic oxidation sites excluding steroid dienone is 1. The van der Waals surface area contributed by atoms with E-state index in [4.69, 9.17) is 0 Å². The average Bonchev–Trinajstić information content (AvgIpc) is 0.918. The van der Waals surface area contributed by atoms with Crippen LogP contribution in [0.1, 0.15) is 6.92 Å². The van der Waals surface area contributed by atoms with E-state index in [1.165, 1.54) is 0 Å². The van der Waals surface area contributed by atoms with E-state index in [0.29, 0.717) is 0 Å². The van der Waals surface area contributed by atoms with Crippen LogP contribution in [0.15, 0.2) is 6.58 Å². The molecule has 0 N–H and O–H groups in total. The predicted molar refractivity (Wildman–Crippen MR) is 14.5 cm³/mol. The fourth-order valence-corrected chi connectivity index (χ4v) is 0. The molecule has 0 amide bonds. The third-order valence-electron chi connectivity index (χ3n) is 0. The van der Waals surface area contributed by atoms with E-state index in [0.717, 1.165) is 0 Å². The van der Waals surface area contributed by atoms with Gasteiger partial charge in [0.2, 0.25) is 0 Å². The molecule has 0 rings (SSSR count). The molecule has 0 aliphatic carbocycles. The minimum absolute atomic E-state index is 0. The smallest absolute Gasteiger partial charge is 0 e. The molecule has 1 heteroatoms. The Morgan fingerprint density at radius 2 is 1.75 bits per heavy atom. The van der Waals surface area contributed by atoms with Crippen molar-refractivity contribution in [1.82, 2.24) is 0 Å². The van der Waals surface area contributed by atoms with Gasteiger partial charge in [-0.3, -0.25) is 6.58 Å². The van der Waals surface area contributed by atoms with E-state index in [1.807, 2.05) is 0 Å². The van der Waals surface area contributed by atoms with Crippen LogP contribution in [0.25, 0.3) is 0 Å². The fraction of sp³-hybridized carbons (Fsp3) is 0.333. The van der Waals surface area contributed by atoms with Gasteiger partial charge in [0.15, 0.2) is 0 Å². The maximum Gasteiger partial charge on any atom is 0 e. The molecule has 0 aromatic rings. The Balaban J connectivity index is 0. The summed E-state index contributed by atoms with van der Waals surface area (Å²) in [6, 6.07) is 0. The van der Waals surface area contributed by atoms with Crippen LogP contribution in [-0.2, 0) is 0 Å². The zero-order valence-electron chi connectivity index (χ0n) is 2.91. The summed E-state index contributed by atoms with van der Waals surface area (Å²) >= 11 is 0. The normalized spacial score (nSPS) is 3.25. The van der Waals surface area contributed by atoms with Crippen molar-refractivity contribution in [2.75, 3.05) is 0 Å². The van der Waals surface area contributed by atoms with Gasteiger partial charge in [-0.15, -0.1) is 0 Å². The van der Waals surface area contributed by atoms with Crippen molar-refractivity contribution >= 4 is 0 Å². The minimum Gasteiger partial charge on any atom is -0.507 e. The van der Waals surface area contributed by atoms with Crippen LogP contribution >= 0.6 is 0 Å². The van der Waals surface area contributed by atoms with Crippen LogP contribution in [0.4, 0.5) is 0 Å². The van der Waals surface area contributed by atoms with Gasteiger partial charge in [-0.05, 0) is 0 Å². The van der Waals surface area contributed by atoms with Gasteiger partial charge in [-0.2, -0.15) is 6.92 Å². The van der Waals surface area contributed by atoms with Gasteiger partial charge in [-0.1, -0.05) is 0 Å². The number of rotatable bonds is 0. The molecule has 0 aliphatic rings. The Hall–Kier alpha value is -1.26. The molecular formula is C3H5Rf-. The topological polar surface area (TPSA) is 0 Å². The van der Waals surface area contributed by atoms with Gasteiger partial charge >= 0.3 is 0 Å². The van der Waals surface area contributed by atoms with Crippen LogP contribution in [0.5, 0.6) is 0 Å². The third-order valence-corrected chi connectivity index (χ3v) is 0. The van der Waals surface area contributed by atoms with Crippen molar-refractivity contribution in [3.05, 3.63) is 12.7 Å². The molecule has 0 heterocycles. The van der Waals surface area contributed by atoms with E-state index in [9.17, 15) is 0 Å². The Morgan fingerprint density at radius 1 is 1.75 bits per heavy atom. The second kappa shape index (κ2) is 14.1. The maximum absolute atomic E-state index is 3.24. The van der Waals surface area contributed by atoms with Crippen LogP contribution < -0.4 is 0 Å². The summed E-state index contributed by atoms with van der Waals surface area (Å²) in [7, 11) is 0. The molecule has 0 atom stereocenters. The Kier molecular flexibility index (Phi) is 53.4. The fourth-order valence-electron chi connectivity index (χ4n) is 0. The molecule has 0 bridgehead atoms. The monoisotopic (exact) mass is 308 g/mol. The second-order valence-electron chi connectivity index (χ2n) is 0.354. The summed E-state index contributed by atoms with van der Waals surface area (Å²) in [6.45, 7) is 5.00. The zero-order chi connectivity index (χ0) is 2.71. The molecule has 0 aliphatic heterocycles. The molecule has 0 unspecified atom stereocenters. The van der Waals surface area contributed by atoms with Crippen LogP contribution in [0.2, 0.25) is 0 Å². The van der Waals surface area contributed by atoms with E-state index in [1.54, 1.807) is 6.92 Å². The molecule has 0 nitrogen and oxygen atoms in total. The third kappa shape index (κ3) is 0.0315. The van der Waals surface area contributed by atoms with Gasteiger partial charge in [0.05, 0.1) is 0 Å². The van der Waals surface area contributed by atoms with Crippen molar-refractivity contribution in [3.8, 4) is 0 Å². The summed E-state index contributed by atoms with van der Waals surface area (Å²) in [6.07, 6.45) is 2.50. The van der Waals surface area contributed by atoms with E-state index in [-0.39, 0.29) is 0 Å². The first-order valence-corrected chi connectivity index (χ1v) is 0.854. The first-order valence-electron chi connectivity index (χ1n) is 0.854. The molecule has 0 saturated heterocycles. The Labute approximate surface area is 20.8 Å². The quantitative estimate of drug-likeness (QED) is 0.586. The van der Waals surface area contributed by atoms with Gasteiger partial charge in [0.25, 0.3) is 0 Å². The second-order valence-corrected chi connectivity index (χ2v) is 0.354. The van der Waals surface area contributed by atoms with Crippen molar-refractivity contribution in [2.45, 2.75) is 6.92 Å². The first kappa shape index (κ1) is 15.1. The standard InChI is InChI=1S/C3H5.Rf/c1-3-2;/h1H2,2H3;/q-1;. The summed E-state index contributed by atoms with van der Waals surface area (Å²) in [5.74, 6) is 0. The molecule has 0 aromatic heterocycles. The van der Waals surface area contributed by atoms with Crippen molar-refractivity contribution in [3.63, 3.8) is 0 Å². The molecular weight excluding hydrogens is 303 g/mol. The minimum atomic E-state index is 0. The van der Waals surface area contributed by atoms with E-state index in [2.05, 4.69) is 12.7 Å². The number of hydrogen-bond donors (Lipinski definition) is 0. The summed E-state index contributed by atoms with van der Waals surface area (Å²) < 4.78 is 0. The SMILES string of the molecule is C=[C-]C.[Rf]. The predicted octanol–water partition coefficient (Wildman–Crippen LogP) is 0.995. The van der Waals surface area contributed by atoms with Gasteiger partial charge in [-0.25, -0.2) is 0 Å². The molecule has 0 aromatic carbocycles. The largest absolute Gasteiger partial charge is 0.507 e. The summed E-state index contributed by atoms with van der Waals surface area (Å²) in [5.41, 5.74) is 0. The molecule has 4 heavy (non-hydrogen) atoms. The van der Waals surface area contributed by atoms with Gasteiger partial charge < -0.3 is 6.08 Å². The molecule has 20 valence electrons. The first-order chi connectivity index (χ1) is 1.41. The molecule has 0 spiro atoms. The van der Waals surface area contributed by atoms with Gasteiger partial charge in [0, 0.05) is 0 Å². The number of hydrogen-bond acceptors (Lipinski definition) is 0. The van der Waals surface area contributed by atoms with Crippen molar-refractivity contribution < 1.29 is 0 Å². The zero-order valence-corrected chi connectivity index (χ0v) is 9.31. The average molecular weight is 308 g/mol. The Bertz CT molecular complexity index is 10.8. The maximum atomic E-state index is 3.24. The van der Waals surface area contributed by atoms with Gasteiger partial charge in [0.1, 0.15) is 0 Å². The van der Waals surface area contributed by atoms with E-state index >= 15 is 0 Å². The Morgan fingerprint density at radius 3 is 1.75 bits per heavy atom. The molecule has 0 fully saturated rings. The molecule has 0 radical (unpaired) electrons. The van der Waals surface area contributed by atoms with Crippen LogP contribution in [0, 0.1) is 6.08 Å². The van der Waals surface area contributed by atoms with Crippen molar-refractivity contribution in [1.29, 1.82) is 0 Å². The van der Waals surface area contributed by atoms with Crippen molar-refractivity contribution in [2.24, 2.45) is 0 Å². The summed E-state index contributed by atoms with van der Waals surface area (Å²) in [4.78, 5) is 0. The van der Waals surface area contributed by atoms with Crippen LogP contribution in [0.3, 0.4) is 0 Å².